The average Bonchev–Trinajstić information content (AvgIpc) is 4.00. The van der Waals surface area contributed by atoms with Crippen LogP contribution in [0.25, 0.3) is 0 Å². The third-order valence-corrected chi connectivity index (χ3v) is 16.1. The minimum atomic E-state index is -0.348. The van der Waals surface area contributed by atoms with Crippen LogP contribution >= 0.6 is 11.8 Å². The fourth-order valence-electron chi connectivity index (χ4n) is 11.6. The molecule has 0 N–H and O–H groups in total. The van der Waals surface area contributed by atoms with E-state index >= 15 is 0 Å². The number of ether oxygens (including phenoxy) is 8. The summed E-state index contributed by atoms with van der Waals surface area (Å²) < 4.78 is 44.3. The van der Waals surface area contributed by atoms with Gasteiger partial charge >= 0.3 is 0 Å². The Morgan fingerprint density at radius 3 is 1.06 bits per heavy atom. The molecule has 10 fully saturated rings. The van der Waals surface area contributed by atoms with Gasteiger partial charge in [0.25, 0.3) is 0 Å². The van der Waals surface area contributed by atoms with Crippen LogP contribution in [0, 0.1) is 101 Å². The van der Waals surface area contributed by atoms with Gasteiger partial charge in [0.2, 0.25) is 0 Å². The Labute approximate surface area is 550 Å². The Balaban J connectivity index is -0.000000231. The van der Waals surface area contributed by atoms with Crippen LogP contribution in [-0.2, 0) is 201 Å². The van der Waals surface area contributed by atoms with Crippen LogP contribution in [0.4, 0.5) is 0 Å². The molecule has 0 amide bonds. The Bertz CT molecular complexity index is 1280. The summed E-state index contributed by atoms with van der Waals surface area (Å²) in [5, 5.41) is 0.498. The van der Waals surface area contributed by atoms with Gasteiger partial charge in [-0.2, -0.15) is 11.8 Å². The molecule has 67 heavy (non-hydrogen) atoms. The van der Waals surface area contributed by atoms with Crippen LogP contribution in [-0.4, -0.2) is 171 Å². The van der Waals surface area contributed by atoms with Gasteiger partial charge in [0, 0.05) is 225 Å². The summed E-state index contributed by atoms with van der Waals surface area (Å²) in [6.07, 6.45) is 6.43. The molecule has 10 aliphatic heterocycles. The van der Waals surface area contributed by atoms with Crippen molar-refractivity contribution in [3.05, 3.63) is 71.8 Å². The first-order valence-electron chi connectivity index (χ1n) is 21.4. The molecule has 5 unspecified atom stereocenters. The van der Waals surface area contributed by atoms with Gasteiger partial charge in [0.15, 0.2) is 0 Å². The van der Waals surface area contributed by atoms with Crippen LogP contribution in [0.1, 0.15) is 73.1 Å². The number of hydrogen-bond donors (Lipinski definition) is 0. The number of hydrogen-bond acceptors (Lipinski definition) is 10. The van der Waals surface area contributed by atoms with E-state index in [-0.39, 0.29) is 277 Å². The maximum Gasteiger partial charge on any atom is 0.112 e. The third-order valence-electron chi connectivity index (χ3n) is 14.5. The zero-order chi connectivity index (χ0) is 41.9. The minimum absolute atomic E-state index is 0. The zero-order valence-corrected chi connectivity index (χ0v) is 58.4. The molecule has 0 spiro atoms. The van der Waals surface area contributed by atoms with Gasteiger partial charge in [0.1, 0.15) is 39.2 Å². The monoisotopic (exact) mass is 1320 g/mol. The van der Waals surface area contributed by atoms with Crippen molar-refractivity contribution in [3.63, 3.8) is 0 Å². The van der Waals surface area contributed by atoms with Gasteiger partial charge < -0.3 is 115 Å². The normalized spacial score (nSPS) is 46.2. The molecule has 0 aromatic heterocycles. The predicted molar refractivity (Wildman–Crippen MR) is 261 cm³/mol. The molecule has 10 bridgehead atoms. The molecular weight excluding hydrogens is 1240 g/mol. The smallest absolute Gasteiger partial charge is 0.112 e. The molecule has 0 aromatic rings. The molecule has 0 saturated carbocycles. The van der Waals surface area contributed by atoms with Crippen molar-refractivity contribution in [2.24, 2.45) is 29.6 Å². The summed E-state index contributed by atoms with van der Waals surface area (Å²) in [7, 11) is 30.9. The largest absolute Gasteiger partial charge is 0.411 e. The molecule has 0 aromatic carbocycles. The van der Waals surface area contributed by atoms with Crippen molar-refractivity contribution >= 4 is 51.0 Å². The first-order chi connectivity index (χ1) is 26.8. The van der Waals surface area contributed by atoms with Gasteiger partial charge in [-0.25, -0.2) is 0 Å². The summed E-state index contributed by atoms with van der Waals surface area (Å²) in [6, 6.07) is -0.609. The van der Waals surface area contributed by atoms with Gasteiger partial charge in [-0.1, -0.05) is 66.7 Å². The zero-order valence-electron chi connectivity index (χ0n) is 43.4. The molecule has 367 valence electrons. The SMILES string of the molecule is [B][C@@H]1O[C@@]2([CH2-])CCOC1[C@H]2CC.[B][C@@H]1O[C@@]2([CH2-])CN(C)C1[C@H]2CC.[B][C@@H]1O[C@@]2([CH2-])COC1[C@H]2CC.[B][C@@H]1O[C@@]2([CH2-])CSC1[C@H]2CC.[B][C@@H]1O[C@]2([CH2-])COC1[C@@H]2CC.[CH3-].[CH3-].[CH3-].[CH3-].[CH3-].[Y].[Y].[Y].[Y].[Y]. The van der Waals surface area contributed by atoms with Crippen molar-refractivity contribution in [1.29, 1.82) is 0 Å². The number of thioether (sulfide) groups is 1. The molecule has 10 saturated heterocycles. The average molecular weight is 1320 g/mol. The molecule has 20 heteroatoms. The number of likely N-dealkylation sites (tertiary alicyclic amines) is 1. The van der Waals surface area contributed by atoms with Crippen LogP contribution in [0.15, 0.2) is 0 Å². The fraction of sp³-hybridized carbons (Fsp3) is 0.787. The van der Waals surface area contributed by atoms with E-state index in [9.17, 15) is 0 Å². The fourth-order valence-corrected chi connectivity index (χ4v) is 13.3. The standard InChI is InChI=1S/C9H15BNO.C9H14BO2.2C8H12BO2.C8H12BOS.5CH3.5Y/c1-4-6-7-8(10)12-9(6,2)5-11(7)3;1-3-6-7-8(10)12-9(6,2)4-5-11-7;2*1-3-5-6-7(9)11-8(5,2)4-10-6;1-3-5-6-7(9)10-8(5,2)4-11-6;;;;;;;;;;/h6-8H,2,4-5H2,1,3H3;6-8H,2-5H2,1H3;3*5-7H,2-4H2,1H3;5*1H3;;;;;/q10*-1;;;;;/t2*6-,7?,8-,9+;5-,6?,7+,8+;2*5-,6?,7-,8+;;;;;;;;;;/m11011........../s1. The van der Waals surface area contributed by atoms with Crippen molar-refractivity contribution in [2.75, 3.05) is 39.2 Å². The molecule has 0 aliphatic carbocycles. The summed E-state index contributed by atoms with van der Waals surface area (Å²) in [5.74, 6) is 3.25. The van der Waals surface area contributed by atoms with E-state index < -0.39 is 0 Å². The van der Waals surface area contributed by atoms with Crippen LogP contribution in [0.2, 0.25) is 0 Å². The van der Waals surface area contributed by atoms with Crippen molar-refractivity contribution in [2.45, 2.75) is 161 Å². The number of fused-ring (bicyclic) bond motifs is 10. The Hall–Kier alpha value is 5.83. The van der Waals surface area contributed by atoms with E-state index in [1.54, 1.807) is 0 Å². The first-order valence-corrected chi connectivity index (χ1v) is 22.4. The Morgan fingerprint density at radius 2 is 0.836 bits per heavy atom. The van der Waals surface area contributed by atoms with Crippen molar-refractivity contribution in [1.82, 2.24) is 4.90 Å². The molecule has 20 atom stereocenters. The van der Waals surface area contributed by atoms with Crippen LogP contribution < -0.4 is 0 Å². The first kappa shape index (κ1) is 81.7. The summed E-state index contributed by atoms with van der Waals surface area (Å²) >= 11 is 1.92. The van der Waals surface area contributed by atoms with E-state index in [0.29, 0.717) is 54.1 Å². The minimum Gasteiger partial charge on any atom is -0.411 e. The maximum absolute atomic E-state index is 5.86. The molecule has 9 nitrogen and oxygen atoms in total. The third kappa shape index (κ3) is 16.7. The Kier molecular flexibility index (Phi) is 40.8. The second-order valence-electron chi connectivity index (χ2n) is 18.1. The number of nitrogens with zero attached hydrogens (tertiary/aromatic N) is 1. The predicted octanol–water partition coefficient (Wildman–Crippen LogP) is 5.81. The van der Waals surface area contributed by atoms with Gasteiger partial charge in [-0.15, -0.1) is 0 Å². The van der Waals surface area contributed by atoms with E-state index in [0.717, 1.165) is 57.4 Å². The molecular formula is C47H80B5NO8SY5-10. The maximum atomic E-state index is 5.86. The number of morpholine rings is 1. The van der Waals surface area contributed by atoms with Crippen molar-refractivity contribution < 1.29 is 201 Å². The summed E-state index contributed by atoms with van der Waals surface area (Å²) in [4.78, 5) is 2.27. The quantitative estimate of drug-likeness (QED) is 0.249. The van der Waals surface area contributed by atoms with E-state index in [4.69, 9.17) is 77.1 Å². The topological polar surface area (TPSA) is 77.1 Å². The van der Waals surface area contributed by atoms with Crippen LogP contribution in [0.3, 0.4) is 0 Å². The van der Waals surface area contributed by atoms with E-state index in [1.807, 2.05) is 11.8 Å². The molecule has 10 rings (SSSR count). The van der Waals surface area contributed by atoms with Crippen molar-refractivity contribution in [3.8, 4) is 0 Å². The molecule has 10 aliphatic rings. The van der Waals surface area contributed by atoms with E-state index in [1.165, 1.54) is 0 Å². The second kappa shape index (κ2) is 33.4. The Morgan fingerprint density at radius 1 is 0.478 bits per heavy atom. The van der Waals surface area contributed by atoms with Gasteiger partial charge in [0.05, 0.1) is 18.3 Å². The molecule has 10 heterocycles. The summed E-state index contributed by atoms with van der Waals surface area (Å²) in [6.45, 7) is 34.0. The van der Waals surface area contributed by atoms with E-state index in [2.05, 4.69) is 81.2 Å². The summed E-state index contributed by atoms with van der Waals surface area (Å²) in [5.41, 5.74) is -1.36. The van der Waals surface area contributed by atoms with Gasteiger partial charge in [-0.05, 0) is 83.4 Å². The molecule has 15 radical (unpaired) electrons. The second-order valence-corrected chi connectivity index (χ2v) is 19.3. The number of likely N-dealkylation sites (N-methyl/N-ethyl adjacent to an activating group) is 1. The van der Waals surface area contributed by atoms with Crippen LogP contribution in [0.5, 0.6) is 0 Å². The number of rotatable bonds is 5. The van der Waals surface area contributed by atoms with Gasteiger partial charge in [-0.3, -0.25) is 0 Å².